The van der Waals surface area contributed by atoms with Crippen LogP contribution in [0.25, 0.3) is 0 Å². The maximum Gasteiger partial charge on any atom is 0.335 e. The lowest BCUT2D eigenvalue weighted by Crippen LogP contribution is -2.26. The summed E-state index contributed by atoms with van der Waals surface area (Å²) in [6.07, 6.45) is 6.83. The minimum Gasteiger partial charge on any atom is -0.491 e. The van der Waals surface area contributed by atoms with E-state index in [2.05, 4.69) is 4.98 Å². The molecule has 1 aliphatic rings. The third-order valence-corrected chi connectivity index (χ3v) is 5.11. The molecule has 7 heteroatoms. The quantitative estimate of drug-likeness (QED) is 0.592. The van der Waals surface area contributed by atoms with E-state index < -0.39 is 5.97 Å². The number of methoxy groups -OCH3 is 1. The van der Waals surface area contributed by atoms with E-state index in [0.717, 1.165) is 24.8 Å². The molecule has 7 nitrogen and oxygen atoms in total. The van der Waals surface area contributed by atoms with Crippen LogP contribution in [0.1, 0.15) is 35.2 Å². The molecule has 0 saturated heterocycles. The molecule has 1 saturated carbocycles. The lowest BCUT2D eigenvalue weighted by molar-refractivity contribution is 0.0697. The summed E-state index contributed by atoms with van der Waals surface area (Å²) >= 11 is 0. The molecule has 2 aromatic heterocycles. The molecule has 0 atom stereocenters. The van der Waals surface area contributed by atoms with Crippen LogP contribution in [0.15, 0.2) is 60.9 Å². The highest BCUT2D eigenvalue weighted by atomic mass is 16.5. The Labute approximate surface area is 174 Å². The number of rotatable bonds is 8. The van der Waals surface area contributed by atoms with Gasteiger partial charge in [0.05, 0.1) is 19.2 Å². The van der Waals surface area contributed by atoms with Gasteiger partial charge in [-0.3, -0.25) is 4.98 Å². The fraction of sp³-hybridized carbons (Fsp3) is 0.261. The predicted molar refractivity (Wildman–Crippen MR) is 113 cm³/mol. The fourth-order valence-electron chi connectivity index (χ4n) is 3.24. The Morgan fingerprint density at radius 3 is 2.73 bits per heavy atom. The molecule has 1 aromatic carbocycles. The van der Waals surface area contributed by atoms with Gasteiger partial charge in [-0.2, -0.15) is 4.98 Å². The summed E-state index contributed by atoms with van der Waals surface area (Å²) in [6, 6.07) is 14.3. The summed E-state index contributed by atoms with van der Waals surface area (Å²) in [6.45, 7) is 0.471. The van der Waals surface area contributed by atoms with Gasteiger partial charge in [0, 0.05) is 18.1 Å². The van der Waals surface area contributed by atoms with E-state index in [9.17, 15) is 9.90 Å². The van der Waals surface area contributed by atoms with Gasteiger partial charge < -0.3 is 19.5 Å². The van der Waals surface area contributed by atoms with Crippen LogP contribution in [0.3, 0.4) is 0 Å². The molecular weight excluding hydrogens is 382 g/mol. The van der Waals surface area contributed by atoms with Crippen LogP contribution >= 0.6 is 0 Å². The zero-order chi connectivity index (χ0) is 20.9. The molecule has 1 aliphatic carbocycles. The maximum atomic E-state index is 11.5. The number of ether oxygens (including phenoxy) is 2. The van der Waals surface area contributed by atoms with Crippen LogP contribution in [-0.2, 0) is 6.54 Å². The third-order valence-electron chi connectivity index (χ3n) is 5.11. The highest BCUT2D eigenvalue weighted by Gasteiger charge is 2.23. The largest absolute Gasteiger partial charge is 0.491 e. The van der Waals surface area contributed by atoms with Crippen LogP contribution in [0.5, 0.6) is 11.6 Å². The Morgan fingerprint density at radius 1 is 1.20 bits per heavy atom. The van der Waals surface area contributed by atoms with E-state index >= 15 is 0 Å². The molecule has 0 radical (unpaired) electrons. The van der Waals surface area contributed by atoms with Gasteiger partial charge in [0.2, 0.25) is 0 Å². The van der Waals surface area contributed by atoms with E-state index in [4.69, 9.17) is 14.5 Å². The number of carboxylic acid groups (broad SMARTS) is 1. The van der Waals surface area contributed by atoms with Crippen molar-refractivity contribution < 1.29 is 19.4 Å². The highest BCUT2D eigenvalue weighted by molar-refractivity contribution is 5.89. The first-order chi connectivity index (χ1) is 14.6. The van der Waals surface area contributed by atoms with Crippen molar-refractivity contribution in [2.24, 2.45) is 0 Å². The molecule has 3 aromatic rings. The summed E-state index contributed by atoms with van der Waals surface area (Å²) < 4.78 is 11.5. The average Bonchev–Trinajstić information content (AvgIpc) is 2.75. The Bertz CT molecular complexity index is 1020. The number of hydrogen-bond donors (Lipinski definition) is 1. The van der Waals surface area contributed by atoms with Crippen molar-refractivity contribution in [3.63, 3.8) is 0 Å². The summed E-state index contributed by atoms with van der Waals surface area (Å²) in [5.74, 6) is 0.683. The van der Waals surface area contributed by atoms with Crippen LogP contribution in [0.2, 0.25) is 0 Å². The van der Waals surface area contributed by atoms with Crippen LogP contribution in [0.4, 0.5) is 11.5 Å². The molecule has 4 rings (SSSR count). The highest BCUT2D eigenvalue weighted by Crippen LogP contribution is 2.35. The number of benzene rings is 1. The normalized spacial score (nSPS) is 13.4. The Hall–Kier alpha value is -3.61. The molecule has 1 N–H and O–H groups in total. The first kappa shape index (κ1) is 19.7. The second-order valence-electron chi connectivity index (χ2n) is 7.15. The van der Waals surface area contributed by atoms with E-state index in [0.29, 0.717) is 29.7 Å². The Morgan fingerprint density at radius 2 is 2.07 bits per heavy atom. The van der Waals surface area contributed by atoms with E-state index in [-0.39, 0.29) is 11.7 Å². The van der Waals surface area contributed by atoms with Gasteiger partial charge >= 0.3 is 5.97 Å². The van der Waals surface area contributed by atoms with Crippen molar-refractivity contribution in [1.29, 1.82) is 0 Å². The maximum absolute atomic E-state index is 11.5. The van der Waals surface area contributed by atoms with Gasteiger partial charge in [-0.1, -0.05) is 12.1 Å². The standard InChI is InChI=1S/C23H23N3O4/c1-29-20-10-11-21(25-22(20)30-19-8-3-9-19)26(15-16-5-4-12-24-14-16)18-7-2-6-17(13-18)23(27)28/h2,4-7,10-14,19H,3,8-9,15H2,1H3,(H,27,28). The van der Waals surface area contributed by atoms with Crippen LogP contribution in [-0.4, -0.2) is 34.3 Å². The monoisotopic (exact) mass is 405 g/mol. The number of aromatic carboxylic acids is 1. The van der Waals surface area contributed by atoms with Gasteiger partial charge in [-0.05, 0) is 61.2 Å². The first-order valence-corrected chi connectivity index (χ1v) is 9.85. The summed E-state index contributed by atoms with van der Waals surface area (Å²) in [5.41, 5.74) is 1.89. The lowest BCUT2D eigenvalue weighted by Gasteiger charge is -2.28. The molecule has 0 aliphatic heterocycles. The van der Waals surface area contributed by atoms with Crippen LogP contribution in [0, 0.1) is 0 Å². The number of carboxylic acids is 1. The fourth-order valence-corrected chi connectivity index (χ4v) is 3.24. The van der Waals surface area contributed by atoms with Crippen molar-refractivity contribution in [2.45, 2.75) is 31.9 Å². The third kappa shape index (κ3) is 4.35. The summed E-state index contributed by atoms with van der Waals surface area (Å²) in [4.78, 5) is 22.3. The zero-order valence-electron chi connectivity index (χ0n) is 16.7. The first-order valence-electron chi connectivity index (χ1n) is 9.85. The molecule has 1 fully saturated rings. The lowest BCUT2D eigenvalue weighted by atomic mass is 9.96. The van der Waals surface area contributed by atoms with Gasteiger partial charge in [0.25, 0.3) is 5.88 Å². The second-order valence-corrected chi connectivity index (χ2v) is 7.15. The molecule has 154 valence electrons. The summed E-state index contributed by atoms with van der Waals surface area (Å²) in [7, 11) is 1.59. The van der Waals surface area contributed by atoms with Gasteiger partial charge in [-0.15, -0.1) is 0 Å². The zero-order valence-corrected chi connectivity index (χ0v) is 16.7. The van der Waals surface area contributed by atoms with Gasteiger partial charge in [-0.25, -0.2) is 4.79 Å². The minimum absolute atomic E-state index is 0.156. The van der Waals surface area contributed by atoms with Crippen LogP contribution < -0.4 is 14.4 Å². The number of anilines is 2. The smallest absolute Gasteiger partial charge is 0.335 e. The SMILES string of the molecule is COc1ccc(N(Cc2cccnc2)c2cccc(C(=O)O)c2)nc1OC1CCC1. The average molecular weight is 405 g/mol. The molecular formula is C23H23N3O4. The van der Waals surface area contributed by atoms with E-state index in [1.165, 1.54) is 0 Å². The molecule has 2 heterocycles. The number of nitrogens with zero attached hydrogens (tertiary/aromatic N) is 3. The van der Waals surface area contributed by atoms with E-state index in [1.54, 1.807) is 37.7 Å². The number of aromatic nitrogens is 2. The predicted octanol–water partition coefficient (Wildman–Crippen LogP) is 4.45. The van der Waals surface area contributed by atoms with Crippen molar-refractivity contribution in [2.75, 3.05) is 12.0 Å². The second kappa shape index (κ2) is 8.82. The van der Waals surface area contributed by atoms with E-state index in [1.807, 2.05) is 35.2 Å². The Balaban J connectivity index is 1.74. The Kier molecular flexibility index (Phi) is 5.79. The van der Waals surface area contributed by atoms with Gasteiger partial charge in [0.1, 0.15) is 11.9 Å². The van der Waals surface area contributed by atoms with Crippen molar-refractivity contribution >= 4 is 17.5 Å². The topological polar surface area (TPSA) is 84.8 Å². The molecule has 0 spiro atoms. The van der Waals surface area contributed by atoms with Crippen molar-refractivity contribution in [1.82, 2.24) is 9.97 Å². The molecule has 0 amide bonds. The summed E-state index contributed by atoms with van der Waals surface area (Å²) in [5, 5.41) is 9.42. The minimum atomic E-state index is -0.977. The number of carbonyl (C=O) groups is 1. The van der Waals surface area contributed by atoms with Crippen molar-refractivity contribution in [3.8, 4) is 11.6 Å². The molecule has 0 bridgehead atoms. The van der Waals surface area contributed by atoms with Gasteiger partial charge in [0.15, 0.2) is 5.75 Å². The van der Waals surface area contributed by atoms with Crippen molar-refractivity contribution in [3.05, 3.63) is 72.1 Å². The number of pyridine rings is 2. The molecule has 30 heavy (non-hydrogen) atoms. The molecule has 0 unspecified atom stereocenters. The number of hydrogen-bond acceptors (Lipinski definition) is 6.